The number of carbonyl (C=O) groups excluding carboxylic acids is 3. The number of anilines is 1. The van der Waals surface area contributed by atoms with Crippen LogP contribution in [0.25, 0.3) is 10.9 Å². The van der Waals surface area contributed by atoms with Gasteiger partial charge in [-0.05, 0) is 88.0 Å². The molecular formula is C32H43FN4O4. The number of esters is 1. The fraction of sp³-hybridized carbons (Fsp3) is 0.656. The molecule has 3 fully saturated rings. The molecule has 1 aromatic carbocycles. The van der Waals surface area contributed by atoms with Crippen LogP contribution in [0.1, 0.15) is 88.5 Å². The van der Waals surface area contributed by atoms with Crippen LogP contribution in [0, 0.1) is 23.7 Å². The van der Waals surface area contributed by atoms with Crippen LogP contribution in [0.4, 0.5) is 10.1 Å². The van der Waals surface area contributed by atoms with E-state index in [1.54, 1.807) is 0 Å². The third-order valence-corrected chi connectivity index (χ3v) is 10.3. The number of hydrogen-bond donors (Lipinski definition) is 2. The number of carbonyl (C=O) groups is 3. The number of hydrogen-bond acceptors (Lipinski definition) is 5. The van der Waals surface area contributed by atoms with Crippen LogP contribution in [-0.4, -0.2) is 52.6 Å². The number of amides is 2. The quantitative estimate of drug-likeness (QED) is 0.459. The molecule has 2 unspecified atom stereocenters. The molecule has 222 valence electrons. The van der Waals surface area contributed by atoms with Crippen LogP contribution in [0.15, 0.2) is 24.3 Å². The molecule has 6 rings (SSSR count). The van der Waals surface area contributed by atoms with Crippen molar-refractivity contribution in [2.75, 3.05) is 18.5 Å². The molecule has 1 aromatic heterocycles. The molecule has 8 nitrogen and oxygen atoms in total. The first-order chi connectivity index (χ1) is 19.7. The Balaban J connectivity index is 1.22. The predicted molar refractivity (Wildman–Crippen MR) is 155 cm³/mol. The highest BCUT2D eigenvalue weighted by Crippen LogP contribution is 2.42. The van der Waals surface area contributed by atoms with E-state index in [2.05, 4.69) is 5.32 Å². The van der Waals surface area contributed by atoms with E-state index in [4.69, 9.17) is 10.5 Å². The minimum Gasteiger partial charge on any atom is -0.434 e. The van der Waals surface area contributed by atoms with Crippen LogP contribution < -0.4 is 11.1 Å². The first kappa shape index (κ1) is 28.2. The van der Waals surface area contributed by atoms with Gasteiger partial charge < -0.3 is 20.7 Å². The van der Waals surface area contributed by atoms with Crippen LogP contribution in [-0.2, 0) is 20.1 Å². The van der Waals surface area contributed by atoms with Crippen molar-refractivity contribution in [3.8, 4) is 0 Å². The second-order valence-electron chi connectivity index (χ2n) is 13.2. The highest BCUT2D eigenvalue weighted by atomic mass is 19.1. The Labute approximate surface area is 241 Å². The predicted octanol–water partition coefficient (Wildman–Crippen LogP) is 5.34. The van der Waals surface area contributed by atoms with Gasteiger partial charge in [0.25, 0.3) is 0 Å². The Bertz CT molecular complexity index is 1320. The number of ether oxygens (including phenoxy) is 1. The lowest BCUT2D eigenvalue weighted by molar-refractivity contribution is -0.142. The van der Waals surface area contributed by atoms with E-state index in [1.807, 2.05) is 47.6 Å². The number of alkyl halides is 1. The van der Waals surface area contributed by atoms with Gasteiger partial charge in [-0.2, -0.15) is 0 Å². The molecule has 0 radical (unpaired) electrons. The molecule has 0 spiro atoms. The van der Waals surface area contributed by atoms with Crippen molar-refractivity contribution >= 4 is 34.4 Å². The fourth-order valence-corrected chi connectivity index (χ4v) is 8.17. The normalized spacial score (nSPS) is 28.9. The lowest BCUT2D eigenvalue weighted by Crippen LogP contribution is -2.50. The summed E-state index contributed by atoms with van der Waals surface area (Å²) in [5, 5.41) is 4.00. The second kappa shape index (κ2) is 11.0. The minimum absolute atomic E-state index is 0.0655. The number of halogens is 1. The molecule has 3 N–H and O–H groups in total. The maximum absolute atomic E-state index is 14.0. The topological polar surface area (TPSA) is 107 Å². The first-order valence-corrected chi connectivity index (χ1v) is 15.5. The lowest BCUT2D eigenvalue weighted by atomic mass is 9.76. The summed E-state index contributed by atoms with van der Waals surface area (Å²) in [6.45, 7) is 3.79. The van der Waals surface area contributed by atoms with E-state index >= 15 is 0 Å². The van der Waals surface area contributed by atoms with Gasteiger partial charge in [-0.3, -0.25) is 14.2 Å². The van der Waals surface area contributed by atoms with Crippen molar-refractivity contribution in [3.63, 3.8) is 0 Å². The van der Waals surface area contributed by atoms with Gasteiger partial charge in [-0.25, -0.2) is 9.18 Å². The summed E-state index contributed by atoms with van der Waals surface area (Å²) in [6, 6.07) is 6.52. The summed E-state index contributed by atoms with van der Waals surface area (Å²) in [7, 11) is 0. The highest BCUT2D eigenvalue weighted by molar-refractivity contribution is 6.02. The summed E-state index contributed by atoms with van der Waals surface area (Å²) in [5.74, 6) is 0.152. The number of nitrogens with one attached hydrogen (secondary N) is 1. The second-order valence-corrected chi connectivity index (χ2v) is 13.2. The largest absolute Gasteiger partial charge is 0.434 e. The van der Waals surface area contributed by atoms with Crippen molar-refractivity contribution in [1.82, 2.24) is 9.47 Å². The number of nitrogens with zero attached hydrogens (tertiary/aromatic N) is 2. The van der Waals surface area contributed by atoms with Gasteiger partial charge in [-0.15, -0.1) is 0 Å². The number of nitrogens with two attached hydrogens (primary N) is 1. The van der Waals surface area contributed by atoms with Crippen LogP contribution in [0.3, 0.4) is 0 Å². The monoisotopic (exact) mass is 566 g/mol. The van der Waals surface area contributed by atoms with Crippen molar-refractivity contribution in [1.29, 1.82) is 0 Å². The van der Waals surface area contributed by atoms with Crippen molar-refractivity contribution < 1.29 is 23.5 Å². The van der Waals surface area contributed by atoms with Crippen molar-refractivity contribution in [2.24, 2.45) is 29.4 Å². The minimum atomic E-state index is -0.771. The summed E-state index contributed by atoms with van der Waals surface area (Å²) in [4.78, 5) is 42.2. The van der Waals surface area contributed by atoms with Gasteiger partial charge in [-0.1, -0.05) is 32.1 Å². The van der Waals surface area contributed by atoms with Gasteiger partial charge in [0.1, 0.15) is 18.4 Å². The zero-order valence-electron chi connectivity index (χ0n) is 24.2. The fourth-order valence-electron chi connectivity index (χ4n) is 8.17. The number of benzene rings is 1. The third-order valence-electron chi connectivity index (χ3n) is 10.3. The zero-order chi connectivity index (χ0) is 28.9. The smallest absolute Gasteiger partial charge is 0.357 e. The molecule has 2 aliphatic carbocycles. The number of cyclic esters (lactones) is 1. The van der Waals surface area contributed by atoms with Gasteiger partial charge in [0, 0.05) is 29.6 Å². The Kier molecular flexibility index (Phi) is 7.59. The molecule has 0 bridgehead atoms. The number of likely N-dealkylation sites (tertiary alicyclic amines) is 1. The summed E-state index contributed by atoms with van der Waals surface area (Å²) >= 11 is 0. The molecule has 9 heteroatoms. The van der Waals surface area contributed by atoms with Gasteiger partial charge in [0.2, 0.25) is 11.8 Å². The SMILES string of the molecule is CC1(C)OC(=O)c2cc3cc(NC(=O)C4C(C5CCCCC5)CCN4C(=O)C4CCC([C@H](N)CF)CC4)ccc3n21. The van der Waals surface area contributed by atoms with E-state index in [-0.39, 0.29) is 35.5 Å². The van der Waals surface area contributed by atoms with Crippen molar-refractivity contribution in [3.05, 3.63) is 30.0 Å². The van der Waals surface area contributed by atoms with E-state index in [0.29, 0.717) is 36.7 Å². The Morgan fingerprint density at radius 2 is 1.80 bits per heavy atom. The van der Waals surface area contributed by atoms with Gasteiger partial charge in [0.15, 0.2) is 5.72 Å². The van der Waals surface area contributed by atoms with E-state index in [9.17, 15) is 18.8 Å². The lowest BCUT2D eigenvalue weighted by Gasteiger charge is -2.36. The number of rotatable bonds is 6. The maximum atomic E-state index is 14.0. The molecule has 2 amide bonds. The molecule has 3 heterocycles. The molecule has 2 aromatic rings. The van der Waals surface area contributed by atoms with Crippen LogP contribution >= 0.6 is 0 Å². The average molecular weight is 567 g/mol. The van der Waals surface area contributed by atoms with E-state index in [0.717, 1.165) is 43.0 Å². The molecule has 41 heavy (non-hydrogen) atoms. The Hall–Kier alpha value is -2.94. The summed E-state index contributed by atoms with van der Waals surface area (Å²) < 4.78 is 20.5. The summed E-state index contributed by atoms with van der Waals surface area (Å²) in [6.07, 6.45) is 9.56. The molecule has 4 aliphatic rings. The Morgan fingerprint density at radius 1 is 1.07 bits per heavy atom. The van der Waals surface area contributed by atoms with Gasteiger partial charge in [0.05, 0.1) is 5.52 Å². The number of aromatic nitrogens is 1. The highest BCUT2D eigenvalue weighted by Gasteiger charge is 2.47. The summed E-state index contributed by atoms with van der Waals surface area (Å²) in [5.41, 5.74) is 7.21. The van der Waals surface area contributed by atoms with E-state index < -0.39 is 24.5 Å². The van der Waals surface area contributed by atoms with Gasteiger partial charge >= 0.3 is 5.97 Å². The molecule has 3 atom stereocenters. The zero-order valence-corrected chi connectivity index (χ0v) is 24.2. The maximum Gasteiger partial charge on any atom is 0.357 e. The Morgan fingerprint density at radius 3 is 2.51 bits per heavy atom. The molecular weight excluding hydrogens is 523 g/mol. The first-order valence-electron chi connectivity index (χ1n) is 15.5. The third kappa shape index (κ3) is 5.15. The average Bonchev–Trinajstić information content (AvgIpc) is 3.65. The van der Waals surface area contributed by atoms with E-state index in [1.165, 1.54) is 19.3 Å². The molecule has 2 aliphatic heterocycles. The van der Waals surface area contributed by atoms with Crippen molar-refractivity contribution in [2.45, 2.75) is 95.9 Å². The standard InChI is InChI=1S/C32H43FN4O4/c1-32(2)37-26-13-12-23(16-22(26)17-27(37)31(40)41-32)35-29(38)28-24(19-6-4-3-5-7-19)14-15-36(28)30(39)21-10-8-20(9-11-21)25(34)18-33/h12-13,16-17,19-21,24-25,28H,3-11,14-15,18,34H2,1-2H3,(H,35,38)/t20?,21?,24?,25-,28?/m1/s1. The van der Waals surface area contributed by atoms with Crippen LogP contribution in [0.5, 0.6) is 0 Å². The molecule has 1 saturated heterocycles. The molecule has 2 saturated carbocycles. The number of fused-ring (bicyclic) bond motifs is 3. The van der Waals surface area contributed by atoms with Crippen LogP contribution in [0.2, 0.25) is 0 Å².